The second-order valence-electron chi connectivity index (χ2n) is 4.84. The summed E-state index contributed by atoms with van der Waals surface area (Å²) in [5, 5.41) is 0. The predicted molar refractivity (Wildman–Crippen MR) is 80.8 cm³/mol. The highest BCUT2D eigenvalue weighted by atomic mass is 32.2. The first kappa shape index (κ1) is 15.5. The van der Waals surface area contributed by atoms with Gasteiger partial charge in [0.05, 0.1) is 11.4 Å². The summed E-state index contributed by atoms with van der Waals surface area (Å²) in [5.41, 5.74) is 0.977. The van der Waals surface area contributed by atoms with Crippen LogP contribution in [0.4, 0.5) is 4.79 Å². The summed E-state index contributed by atoms with van der Waals surface area (Å²) >= 11 is 0. The van der Waals surface area contributed by atoms with Crippen molar-refractivity contribution in [1.82, 2.24) is 9.80 Å². The van der Waals surface area contributed by atoms with E-state index in [0.29, 0.717) is 13.1 Å². The number of hydrogen-bond acceptors (Lipinski definition) is 3. The Bertz CT molecular complexity index is 665. The maximum absolute atomic E-state index is 12.3. The summed E-state index contributed by atoms with van der Waals surface area (Å²) in [5.74, 6) is 0.282. The fraction of sp³-hybridized carbons (Fsp3) is 0.429. The van der Waals surface area contributed by atoms with E-state index < -0.39 is 10.0 Å². The highest BCUT2D eigenvalue weighted by Crippen LogP contribution is 2.17. The topological polar surface area (TPSA) is 70.1 Å². The highest BCUT2D eigenvalue weighted by molar-refractivity contribution is 7.90. The summed E-state index contributed by atoms with van der Waals surface area (Å²) in [7, 11) is -3.79. The normalized spacial score (nSPS) is 17.9. The molecular formula is C14H19N3O3S. The molecule has 114 valence electrons. The van der Waals surface area contributed by atoms with Gasteiger partial charge in [-0.3, -0.25) is 4.90 Å². The van der Waals surface area contributed by atoms with Crippen LogP contribution in [0.5, 0.6) is 0 Å². The van der Waals surface area contributed by atoms with Crippen LogP contribution in [0, 0.1) is 6.92 Å². The first-order valence-electron chi connectivity index (χ1n) is 6.86. The molecular weight excluding hydrogens is 290 g/mol. The SMILES string of the molecule is CCN1C/C(=N\S(=O)(=O)c2ccc(C)cc2)N(CC)C1=O. The fourth-order valence-electron chi connectivity index (χ4n) is 2.15. The average molecular weight is 309 g/mol. The van der Waals surface area contributed by atoms with Gasteiger partial charge >= 0.3 is 6.03 Å². The van der Waals surface area contributed by atoms with Gasteiger partial charge in [0, 0.05) is 13.1 Å². The minimum Gasteiger partial charge on any atom is -0.317 e. The standard InChI is InChI=1S/C14H19N3O3S/c1-4-16-10-13(17(5-2)14(16)18)15-21(19,20)12-8-6-11(3)7-9-12/h6-9H,4-5,10H2,1-3H3/b15-13+. The molecule has 0 bridgehead atoms. The van der Waals surface area contributed by atoms with Crippen molar-refractivity contribution in [3.05, 3.63) is 29.8 Å². The summed E-state index contributed by atoms with van der Waals surface area (Å²) < 4.78 is 28.5. The quantitative estimate of drug-likeness (QED) is 0.852. The molecule has 0 spiro atoms. The number of rotatable bonds is 4. The number of likely N-dealkylation sites (N-methyl/N-ethyl adjacent to an activating group) is 2. The number of hydrogen-bond donors (Lipinski definition) is 0. The molecule has 1 aliphatic heterocycles. The van der Waals surface area contributed by atoms with Crippen LogP contribution in [0.25, 0.3) is 0 Å². The number of aryl methyl sites for hydroxylation is 1. The Morgan fingerprint density at radius 1 is 1.14 bits per heavy atom. The van der Waals surface area contributed by atoms with Gasteiger partial charge in [-0.2, -0.15) is 8.42 Å². The Morgan fingerprint density at radius 2 is 1.76 bits per heavy atom. The molecule has 1 aromatic carbocycles. The van der Waals surface area contributed by atoms with Gasteiger partial charge in [0.1, 0.15) is 5.84 Å². The van der Waals surface area contributed by atoms with Crippen molar-refractivity contribution in [3.8, 4) is 0 Å². The number of benzene rings is 1. The van der Waals surface area contributed by atoms with E-state index >= 15 is 0 Å². The molecule has 21 heavy (non-hydrogen) atoms. The number of carbonyl (C=O) groups excluding carboxylic acids is 1. The lowest BCUT2D eigenvalue weighted by Gasteiger charge is -2.14. The predicted octanol–water partition coefficient (Wildman–Crippen LogP) is 1.86. The molecule has 1 aliphatic rings. The summed E-state index contributed by atoms with van der Waals surface area (Å²) in [6.07, 6.45) is 0. The zero-order chi connectivity index (χ0) is 15.6. The van der Waals surface area contributed by atoms with Crippen LogP contribution in [-0.2, 0) is 10.0 Å². The summed E-state index contributed by atoms with van der Waals surface area (Å²) in [4.78, 5) is 15.1. The lowest BCUT2D eigenvalue weighted by atomic mass is 10.2. The summed E-state index contributed by atoms with van der Waals surface area (Å²) in [6.45, 7) is 6.69. The van der Waals surface area contributed by atoms with Crippen molar-refractivity contribution >= 4 is 21.9 Å². The zero-order valence-electron chi connectivity index (χ0n) is 12.4. The van der Waals surface area contributed by atoms with E-state index in [1.807, 2.05) is 13.8 Å². The van der Waals surface area contributed by atoms with E-state index in [4.69, 9.17) is 0 Å². The first-order chi connectivity index (χ1) is 9.89. The molecule has 6 nitrogen and oxygen atoms in total. The van der Waals surface area contributed by atoms with E-state index in [0.717, 1.165) is 5.56 Å². The fourth-order valence-corrected chi connectivity index (χ4v) is 3.17. The Kier molecular flexibility index (Phi) is 4.32. The van der Waals surface area contributed by atoms with Gasteiger partial charge in [-0.1, -0.05) is 17.7 Å². The molecule has 0 unspecified atom stereocenters. The summed E-state index contributed by atoms with van der Waals surface area (Å²) in [6, 6.07) is 6.31. The first-order valence-corrected chi connectivity index (χ1v) is 8.30. The molecule has 2 amide bonds. The number of nitrogens with zero attached hydrogens (tertiary/aromatic N) is 3. The number of amides is 2. The van der Waals surface area contributed by atoms with Gasteiger partial charge in [0.15, 0.2) is 0 Å². The van der Waals surface area contributed by atoms with E-state index in [1.165, 1.54) is 17.0 Å². The van der Waals surface area contributed by atoms with Crippen LogP contribution in [0.15, 0.2) is 33.6 Å². The van der Waals surface area contributed by atoms with Crippen molar-refractivity contribution in [1.29, 1.82) is 0 Å². The third kappa shape index (κ3) is 3.07. The Hall–Kier alpha value is -1.89. The van der Waals surface area contributed by atoms with E-state index in [2.05, 4.69) is 4.40 Å². The average Bonchev–Trinajstić information content (AvgIpc) is 2.74. The lowest BCUT2D eigenvalue weighted by molar-refractivity contribution is 0.199. The Balaban J connectivity index is 2.37. The molecule has 0 saturated carbocycles. The molecule has 1 fully saturated rings. The number of urea groups is 1. The number of carbonyl (C=O) groups is 1. The van der Waals surface area contributed by atoms with E-state index in [9.17, 15) is 13.2 Å². The van der Waals surface area contributed by atoms with Crippen LogP contribution >= 0.6 is 0 Å². The Labute approximate surface area is 125 Å². The molecule has 1 saturated heterocycles. The smallest absolute Gasteiger partial charge is 0.317 e. The van der Waals surface area contributed by atoms with Crippen molar-refractivity contribution in [2.45, 2.75) is 25.7 Å². The second-order valence-corrected chi connectivity index (χ2v) is 6.44. The molecule has 1 heterocycles. The minimum absolute atomic E-state index is 0.138. The van der Waals surface area contributed by atoms with Crippen LogP contribution in [0.1, 0.15) is 19.4 Å². The van der Waals surface area contributed by atoms with Gasteiger partial charge in [-0.05, 0) is 32.9 Å². The maximum Gasteiger partial charge on any atom is 0.325 e. The lowest BCUT2D eigenvalue weighted by Crippen LogP contribution is -2.33. The Morgan fingerprint density at radius 3 is 2.29 bits per heavy atom. The third-order valence-corrected chi connectivity index (χ3v) is 4.71. The van der Waals surface area contributed by atoms with Gasteiger partial charge in [0.25, 0.3) is 10.0 Å². The van der Waals surface area contributed by atoms with Crippen LogP contribution in [0.2, 0.25) is 0 Å². The monoisotopic (exact) mass is 309 g/mol. The largest absolute Gasteiger partial charge is 0.325 e. The third-order valence-electron chi connectivity index (χ3n) is 3.39. The molecule has 2 rings (SSSR count). The van der Waals surface area contributed by atoms with Crippen molar-refractivity contribution in [3.63, 3.8) is 0 Å². The zero-order valence-corrected chi connectivity index (χ0v) is 13.2. The van der Waals surface area contributed by atoms with Crippen LogP contribution in [-0.4, -0.2) is 49.7 Å². The van der Waals surface area contributed by atoms with Crippen LogP contribution in [0.3, 0.4) is 0 Å². The molecule has 0 aliphatic carbocycles. The van der Waals surface area contributed by atoms with E-state index in [-0.39, 0.29) is 23.3 Å². The van der Waals surface area contributed by atoms with Crippen molar-refractivity contribution < 1.29 is 13.2 Å². The molecule has 0 aromatic heterocycles. The van der Waals surface area contributed by atoms with Crippen LogP contribution < -0.4 is 0 Å². The second kappa shape index (κ2) is 5.85. The van der Waals surface area contributed by atoms with Gasteiger partial charge in [-0.25, -0.2) is 4.79 Å². The maximum atomic E-state index is 12.3. The molecule has 0 N–H and O–H groups in total. The van der Waals surface area contributed by atoms with Crippen molar-refractivity contribution in [2.24, 2.45) is 4.40 Å². The van der Waals surface area contributed by atoms with Gasteiger partial charge in [-0.15, -0.1) is 4.40 Å². The number of amidine groups is 1. The molecule has 0 radical (unpaired) electrons. The minimum atomic E-state index is -3.79. The van der Waals surface area contributed by atoms with Gasteiger partial charge in [0.2, 0.25) is 0 Å². The molecule has 0 atom stereocenters. The highest BCUT2D eigenvalue weighted by Gasteiger charge is 2.33. The van der Waals surface area contributed by atoms with Crippen molar-refractivity contribution in [2.75, 3.05) is 19.6 Å². The van der Waals surface area contributed by atoms with Gasteiger partial charge < -0.3 is 4.90 Å². The number of sulfonamides is 1. The molecule has 7 heteroatoms. The van der Waals surface area contributed by atoms with E-state index in [1.54, 1.807) is 24.0 Å². The molecule has 1 aromatic rings.